The number of carbonyl (C=O) groups is 6. The highest BCUT2D eigenvalue weighted by Gasteiger charge is 2.33. The highest BCUT2D eigenvalue weighted by atomic mass is 127. The molecule has 58 heavy (non-hydrogen) atoms. The van der Waals surface area contributed by atoms with Crippen molar-refractivity contribution in [2.24, 2.45) is 0 Å². The van der Waals surface area contributed by atoms with Gasteiger partial charge in [-0.2, -0.15) is 0 Å². The minimum Gasteiger partial charge on any atom is -0.394 e. The van der Waals surface area contributed by atoms with Crippen LogP contribution in [0.25, 0.3) is 0 Å². The fraction of sp³-hybridized carbons (Fsp3) is 0.419. The Kier molecular flexibility index (Phi) is 23.4. The first-order chi connectivity index (χ1) is 27.3. The van der Waals surface area contributed by atoms with E-state index in [9.17, 15) is 74.7 Å². The Hall–Kier alpha value is -0.720. The number of anilines is 2. The molecule has 2 aromatic rings. The van der Waals surface area contributed by atoms with Gasteiger partial charge in [0.25, 0.3) is 23.6 Å². The monoisotopic (exact) mass is 1490 g/mol. The second kappa shape index (κ2) is 25.4. The zero-order valence-corrected chi connectivity index (χ0v) is 42.2. The van der Waals surface area contributed by atoms with Gasteiger partial charge in [0.1, 0.15) is 13.2 Å². The number of rotatable bonds is 20. The van der Waals surface area contributed by atoms with Gasteiger partial charge in [0.05, 0.1) is 105 Å². The maximum Gasteiger partial charge on any atom is 0.253 e. The van der Waals surface area contributed by atoms with Crippen LogP contribution in [0.5, 0.6) is 0 Å². The second-order valence-electron chi connectivity index (χ2n) is 11.6. The van der Waals surface area contributed by atoms with Crippen LogP contribution in [0.4, 0.5) is 11.4 Å². The summed E-state index contributed by atoms with van der Waals surface area (Å²) in [6, 6.07) is -2.63. The van der Waals surface area contributed by atoms with Gasteiger partial charge in [-0.05, 0) is 136 Å². The number of benzene rings is 2. The van der Waals surface area contributed by atoms with Gasteiger partial charge in [0, 0.05) is 20.2 Å². The Labute approximate surface area is 410 Å². The highest BCUT2D eigenvalue weighted by molar-refractivity contribution is 14.1. The minimum atomic E-state index is -1.54. The third-order valence-corrected chi connectivity index (χ3v) is 14.2. The van der Waals surface area contributed by atoms with E-state index >= 15 is 0 Å². The van der Waals surface area contributed by atoms with Gasteiger partial charge in [-0.25, -0.2) is 0 Å². The molecule has 0 heterocycles. The molecule has 27 heteroatoms. The van der Waals surface area contributed by atoms with Crippen LogP contribution in [0.2, 0.25) is 0 Å². The predicted molar refractivity (Wildman–Crippen MR) is 254 cm³/mol. The molecule has 2 rings (SSSR count). The van der Waals surface area contributed by atoms with E-state index < -0.39 is 119 Å². The topological polar surface area (TPSA) is 357 Å². The number of hydrogen-bond acceptors (Lipinski definition) is 15. The van der Waals surface area contributed by atoms with Crippen molar-refractivity contribution in [2.75, 3.05) is 63.4 Å². The quantitative estimate of drug-likeness (QED) is 0.0614. The molecule has 0 radical (unpaired) electrons. The molecular weight excluding hydrogens is 1460 g/mol. The van der Waals surface area contributed by atoms with Crippen molar-refractivity contribution in [1.29, 1.82) is 0 Å². The Morgan fingerprint density at radius 1 is 0.448 bits per heavy atom. The third-order valence-electron chi connectivity index (χ3n) is 7.68. The molecule has 0 bridgehead atoms. The average molecular weight is 1490 g/mol. The summed E-state index contributed by atoms with van der Waals surface area (Å²) in [6.45, 7) is -5.99. The summed E-state index contributed by atoms with van der Waals surface area (Å²) in [6.07, 6.45) is -4.55. The van der Waals surface area contributed by atoms with Crippen molar-refractivity contribution in [1.82, 2.24) is 21.3 Å². The van der Waals surface area contributed by atoms with E-state index in [0.29, 0.717) is 0 Å². The Balaban J connectivity index is 2.45. The first-order valence-corrected chi connectivity index (χ1v) is 22.6. The largest absolute Gasteiger partial charge is 0.394 e. The number of aliphatic hydroxyl groups excluding tert-OH is 9. The average Bonchev–Trinajstić information content (AvgIpc) is 3.19. The van der Waals surface area contributed by atoms with Crippen LogP contribution in [0.3, 0.4) is 0 Å². The predicted octanol–water partition coefficient (Wildman–Crippen LogP) is -2.42. The lowest BCUT2D eigenvalue weighted by atomic mass is 10.1. The normalized spacial score (nSPS) is 13.7. The summed E-state index contributed by atoms with van der Waals surface area (Å²) in [5.74, 6) is -5.27. The van der Waals surface area contributed by atoms with Crippen molar-refractivity contribution in [2.45, 2.75) is 30.4 Å². The fourth-order valence-electron chi connectivity index (χ4n) is 4.64. The van der Waals surface area contributed by atoms with Crippen LogP contribution in [-0.2, 0) is 9.59 Å². The van der Waals surface area contributed by atoms with Gasteiger partial charge in [0.15, 0.2) is 0 Å². The summed E-state index contributed by atoms with van der Waals surface area (Å²) in [5, 5.41) is 102. The summed E-state index contributed by atoms with van der Waals surface area (Å²) < 4.78 is 0.587. The summed E-state index contributed by atoms with van der Waals surface area (Å²) in [7, 11) is 0. The summed E-state index contributed by atoms with van der Waals surface area (Å²) in [5.41, 5.74) is -0.712. The molecule has 0 aliphatic carbocycles. The molecule has 4 atom stereocenters. The van der Waals surface area contributed by atoms with Crippen molar-refractivity contribution in [3.63, 3.8) is 0 Å². The zero-order chi connectivity index (χ0) is 44.2. The first kappa shape index (κ1) is 53.4. The standard InChI is InChI=1S/C31H36I6N6O15/c32-20-16(22(34)26(42-14(53)7-48)24(36)18(20)30(57)40-10(3-44)12(51)5-46)28(55)38-1-9(50)2-39-29(56)17-21(33)19(31(58)41-11(4-45)13(52)6-47)25(37)27(23(17)35)43-15(54)8-49/h9-13,44-52H,1-8H2,(H,38,55)(H,39,56)(H,40,57)(H,41,58)(H,42,53)(H,43,54). The molecule has 21 nitrogen and oxygen atoms in total. The summed E-state index contributed by atoms with van der Waals surface area (Å²) >= 11 is 10.3. The molecule has 0 aliphatic heterocycles. The smallest absolute Gasteiger partial charge is 0.253 e. The molecule has 0 aliphatic rings. The van der Waals surface area contributed by atoms with Gasteiger partial charge in [-0.1, -0.05) is 0 Å². The van der Waals surface area contributed by atoms with Gasteiger partial charge in [0.2, 0.25) is 11.8 Å². The lowest BCUT2D eigenvalue weighted by molar-refractivity contribution is -0.119. The molecule has 6 amide bonds. The van der Waals surface area contributed by atoms with Gasteiger partial charge in [-0.3, -0.25) is 28.8 Å². The maximum absolute atomic E-state index is 13.6. The molecule has 0 saturated carbocycles. The molecule has 0 saturated heterocycles. The van der Waals surface area contributed by atoms with Crippen molar-refractivity contribution >= 4 is 182 Å². The van der Waals surface area contributed by atoms with Crippen LogP contribution < -0.4 is 31.9 Å². The van der Waals surface area contributed by atoms with Crippen LogP contribution in [0.1, 0.15) is 41.4 Å². The second-order valence-corrected chi connectivity index (χ2v) is 18.1. The Bertz CT molecular complexity index is 1760. The summed E-state index contributed by atoms with van der Waals surface area (Å²) in [4.78, 5) is 78.6. The van der Waals surface area contributed by atoms with E-state index in [1.807, 2.05) is 0 Å². The van der Waals surface area contributed by atoms with Crippen LogP contribution in [0.15, 0.2) is 0 Å². The van der Waals surface area contributed by atoms with E-state index in [1.54, 1.807) is 136 Å². The van der Waals surface area contributed by atoms with Crippen LogP contribution in [0, 0.1) is 21.4 Å². The van der Waals surface area contributed by atoms with E-state index in [0.717, 1.165) is 0 Å². The number of aliphatic hydroxyl groups is 9. The lowest BCUT2D eigenvalue weighted by Crippen LogP contribution is -2.48. The molecule has 0 spiro atoms. The fourth-order valence-corrected chi connectivity index (χ4v) is 13.5. The number of hydrogen-bond donors (Lipinski definition) is 15. The highest BCUT2D eigenvalue weighted by Crippen LogP contribution is 2.37. The molecule has 15 N–H and O–H groups in total. The maximum atomic E-state index is 13.6. The molecule has 2 aromatic carbocycles. The molecule has 322 valence electrons. The first-order valence-electron chi connectivity index (χ1n) is 16.1. The van der Waals surface area contributed by atoms with E-state index in [4.69, 9.17) is 0 Å². The third kappa shape index (κ3) is 13.6. The number of halogens is 6. The van der Waals surface area contributed by atoms with E-state index in [2.05, 4.69) is 31.9 Å². The van der Waals surface area contributed by atoms with Gasteiger partial charge < -0.3 is 77.9 Å². The van der Waals surface area contributed by atoms with Crippen molar-refractivity contribution in [3.8, 4) is 0 Å². The molecule has 4 unspecified atom stereocenters. The number of carbonyl (C=O) groups excluding carboxylic acids is 6. The Morgan fingerprint density at radius 3 is 1.00 bits per heavy atom. The lowest BCUT2D eigenvalue weighted by Gasteiger charge is -2.24. The molecular formula is C31H36I6N6O15. The minimum absolute atomic E-state index is 0.0344. The SMILES string of the molecule is O=C(CO)Nc1c(I)c(C(=O)NCC(O)CNC(=O)c2c(I)c(NC(=O)CO)c(I)c(C(=O)NC(CO)C(O)CO)c2I)c(I)c(C(=O)NC(CO)C(O)CO)c1I. The van der Waals surface area contributed by atoms with Gasteiger partial charge >= 0.3 is 0 Å². The number of amides is 6. The van der Waals surface area contributed by atoms with Crippen molar-refractivity contribution < 1.29 is 74.7 Å². The molecule has 0 fully saturated rings. The van der Waals surface area contributed by atoms with Crippen molar-refractivity contribution in [3.05, 3.63) is 43.7 Å². The van der Waals surface area contributed by atoms with Gasteiger partial charge in [-0.15, -0.1) is 0 Å². The van der Waals surface area contributed by atoms with E-state index in [1.165, 1.54) is 0 Å². The molecule has 0 aromatic heterocycles. The van der Waals surface area contributed by atoms with Crippen LogP contribution >= 0.6 is 136 Å². The Morgan fingerprint density at radius 2 is 0.741 bits per heavy atom. The van der Waals surface area contributed by atoms with Crippen LogP contribution in [-0.4, -0.2) is 165 Å². The van der Waals surface area contributed by atoms with E-state index in [-0.39, 0.29) is 55.0 Å². The zero-order valence-electron chi connectivity index (χ0n) is 29.3. The number of nitrogens with one attached hydrogen (secondary N) is 6.